The van der Waals surface area contributed by atoms with Crippen molar-refractivity contribution in [2.24, 2.45) is 0 Å². The lowest BCUT2D eigenvalue weighted by molar-refractivity contribution is 0.375. The minimum atomic E-state index is 0.336. The Morgan fingerprint density at radius 3 is 2.47 bits per heavy atom. The Morgan fingerprint density at radius 2 is 1.87 bits per heavy atom. The van der Waals surface area contributed by atoms with Crippen LogP contribution in [0.2, 0.25) is 0 Å². The molecule has 1 fully saturated rings. The van der Waals surface area contributed by atoms with Gasteiger partial charge in [-0.05, 0) is 43.6 Å². The fourth-order valence-electron chi connectivity index (χ4n) is 2.66. The van der Waals surface area contributed by atoms with E-state index in [0.717, 1.165) is 6.42 Å². The molecule has 0 nitrogen and oxygen atoms in total. The molecular weight excluding hydrogens is 180 g/mol. The van der Waals surface area contributed by atoms with Crippen LogP contribution < -0.4 is 0 Å². The number of aryl methyl sites for hydroxylation is 1. The second-order valence-corrected chi connectivity index (χ2v) is 5.21. The molecule has 1 saturated carbocycles. The highest BCUT2D eigenvalue weighted by atomic mass is 14.3. The van der Waals surface area contributed by atoms with Gasteiger partial charge in [0.1, 0.15) is 0 Å². The lowest BCUT2D eigenvalue weighted by Gasteiger charge is -2.35. The van der Waals surface area contributed by atoms with Crippen LogP contribution in [-0.2, 0) is 5.41 Å². The number of rotatable bonds is 1. The Hall–Kier alpha value is -1.04. The number of hydrogen-bond acceptors (Lipinski definition) is 0. The maximum atomic E-state index is 4.15. The summed E-state index contributed by atoms with van der Waals surface area (Å²) >= 11 is 0. The van der Waals surface area contributed by atoms with Crippen LogP contribution in [0.5, 0.6) is 0 Å². The highest BCUT2D eigenvalue weighted by Gasteiger charge is 2.29. The Morgan fingerprint density at radius 1 is 1.20 bits per heavy atom. The maximum Gasteiger partial charge on any atom is -0.00381 e. The number of allylic oxidation sites excluding steroid dienone is 1. The van der Waals surface area contributed by atoms with E-state index in [1.54, 1.807) is 0 Å². The zero-order valence-corrected chi connectivity index (χ0v) is 9.84. The Bertz CT molecular complexity index is 358. The number of hydrogen-bond donors (Lipinski definition) is 0. The predicted octanol–water partition coefficient (Wildman–Crippen LogP) is 4.38. The summed E-state index contributed by atoms with van der Waals surface area (Å²) in [7, 11) is 0. The van der Waals surface area contributed by atoms with Crippen LogP contribution in [0.25, 0.3) is 0 Å². The van der Waals surface area contributed by atoms with E-state index in [9.17, 15) is 0 Å². The molecule has 2 rings (SSSR count). The van der Waals surface area contributed by atoms with Crippen LogP contribution in [0, 0.1) is 6.92 Å². The van der Waals surface area contributed by atoms with Crippen LogP contribution >= 0.6 is 0 Å². The molecule has 80 valence electrons. The third-order valence-electron chi connectivity index (χ3n) is 3.65. The smallest absolute Gasteiger partial charge is 0.00381 e. The first-order valence-corrected chi connectivity index (χ1v) is 5.84. The normalized spacial score (nSPS) is 26.7. The molecular formula is C15H20. The molecule has 0 spiro atoms. The summed E-state index contributed by atoms with van der Waals surface area (Å²) in [6.45, 7) is 8.67. The quantitative estimate of drug-likeness (QED) is 0.590. The molecule has 1 unspecified atom stereocenters. The highest BCUT2D eigenvalue weighted by Crippen LogP contribution is 2.40. The third kappa shape index (κ3) is 2.14. The van der Waals surface area contributed by atoms with Gasteiger partial charge in [-0.25, -0.2) is 0 Å². The molecule has 0 amide bonds. The van der Waals surface area contributed by atoms with E-state index in [1.807, 2.05) is 0 Å². The Balaban J connectivity index is 2.28. The lowest BCUT2D eigenvalue weighted by atomic mass is 9.69. The second kappa shape index (κ2) is 3.84. The van der Waals surface area contributed by atoms with E-state index in [1.165, 1.54) is 36.0 Å². The molecule has 1 aliphatic rings. The summed E-state index contributed by atoms with van der Waals surface area (Å²) in [5, 5.41) is 0. The minimum Gasteiger partial charge on any atom is -0.0998 e. The van der Waals surface area contributed by atoms with Gasteiger partial charge in [0, 0.05) is 0 Å². The molecule has 1 aromatic rings. The topological polar surface area (TPSA) is 0 Å². The Kier molecular flexibility index (Phi) is 2.68. The van der Waals surface area contributed by atoms with Crippen molar-refractivity contribution in [2.45, 2.75) is 44.9 Å². The first kappa shape index (κ1) is 10.5. The molecule has 0 radical (unpaired) electrons. The summed E-state index contributed by atoms with van der Waals surface area (Å²) in [4.78, 5) is 0. The van der Waals surface area contributed by atoms with Crippen molar-refractivity contribution in [3.63, 3.8) is 0 Å². The molecule has 0 aliphatic heterocycles. The van der Waals surface area contributed by atoms with Gasteiger partial charge in [-0.2, -0.15) is 0 Å². The van der Waals surface area contributed by atoms with Crippen molar-refractivity contribution in [3.8, 4) is 0 Å². The minimum absolute atomic E-state index is 0.336. The van der Waals surface area contributed by atoms with E-state index in [-0.39, 0.29) is 0 Å². The molecule has 0 bridgehead atoms. The highest BCUT2D eigenvalue weighted by molar-refractivity contribution is 5.30. The zero-order valence-electron chi connectivity index (χ0n) is 9.84. The van der Waals surface area contributed by atoms with Crippen molar-refractivity contribution in [1.29, 1.82) is 0 Å². The maximum absolute atomic E-state index is 4.15. The largest absolute Gasteiger partial charge is 0.0998 e. The first-order valence-electron chi connectivity index (χ1n) is 5.84. The van der Waals surface area contributed by atoms with Gasteiger partial charge in [0.2, 0.25) is 0 Å². The lowest BCUT2D eigenvalue weighted by Crippen LogP contribution is -2.25. The summed E-state index contributed by atoms with van der Waals surface area (Å²) in [6, 6.07) is 9.01. The third-order valence-corrected chi connectivity index (χ3v) is 3.65. The zero-order chi connectivity index (χ0) is 10.9. The van der Waals surface area contributed by atoms with Crippen molar-refractivity contribution in [1.82, 2.24) is 0 Å². The fraction of sp³-hybridized carbons (Fsp3) is 0.467. The first-order chi connectivity index (χ1) is 7.10. The SMILES string of the molecule is C=C1CCCC(C)(c2ccc(C)cc2)C1. The van der Waals surface area contributed by atoms with Crippen LogP contribution in [0.15, 0.2) is 36.4 Å². The van der Waals surface area contributed by atoms with Crippen LogP contribution in [0.4, 0.5) is 0 Å². The molecule has 0 saturated heterocycles. The molecule has 0 aromatic heterocycles. The molecule has 0 heteroatoms. The standard InChI is InChI=1S/C15H20/c1-12-6-8-14(9-7-12)15(3)10-4-5-13(2)11-15/h6-9H,2,4-5,10-11H2,1,3H3. The van der Waals surface area contributed by atoms with Crippen molar-refractivity contribution < 1.29 is 0 Å². The fourth-order valence-corrected chi connectivity index (χ4v) is 2.66. The summed E-state index contributed by atoms with van der Waals surface area (Å²) in [5.74, 6) is 0. The summed E-state index contributed by atoms with van der Waals surface area (Å²) < 4.78 is 0. The van der Waals surface area contributed by atoms with Crippen molar-refractivity contribution in [2.75, 3.05) is 0 Å². The second-order valence-electron chi connectivity index (χ2n) is 5.21. The summed E-state index contributed by atoms with van der Waals surface area (Å²) in [6.07, 6.45) is 4.98. The van der Waals surface area contributed by atoms with Crippen LogP contribution in [-0.4, -0.2) is 0 Å². The average molecular weight is 200 g/mol. The van der Waals surface area contributed by atoms with Gasteiger partial charge < -0.3 is 0 Å². The van der Waals surface area contributed by atoms with E-state index in [2.05, 4.69) is 44.7 Å². The van der Waals surface area contributed by atoms with E-state index in [0.29, 0.717) is 5.41 Å². The van der Waals surface area contributed by atoms with E-state index >= 15 is 0 Å². The van der Waals surface area contributed by atoms with E-state index in [4.69, 9.17) is 0 Å². The van der Waals surface area contributed by atoms with E-state index < -0.39 is 0 Å². The molecule has 1 aromatic carbocycles. The molecule has 15 heavy (non-hydrogen) atoms. The molecule has 0 N–H and O–H groups in total. The van der Waals surface area contributed by atoms with Gasteiger partial charge in [0.25, 0.3) is 0 Å². The van der Waals surface area contributed by atoms with Gasteiger partial charge in [0.15, 0.2) is 0 Å². The van der Waals surface area contributed by atoms with Crippen molar-refractivity contribution in [3.05, 3.63) is 47.5 Å². The molecule has 1 atom stereocenters. The van der Waals surface area contributed by atoms with Gasteiger partial charge in [-0.15, -0.1) is 0 Å². The van der Waals surface area contributed by atoms with Crippen LogP contribution in [0.1, 0.15) is 43.7 Å². The van der Waals surface area contributed by atoms with Gasteiger partial charge >= 0.3 is 0 Å². The van der Waals surface area contributed by atoms with Crippen LogP contribution in [0.3, 0.4) is 0 Å². The van der Waals surface area contributed by atoms with Gasteiger partial charge in [-0.3, -0.25) is 0 Å². The predicted molar refractivity (Wildman–Crippen MR) is 66.1 cm³/mol. The average Bonchev–Trinajstić information content (AvgIpc) is 2.18. The molecule has 0 heterocycles. The number of benzene rings is 1. The van der Waals surface area contributed by atoms with Gasteiger partial charge in [-0.1, -0.05) is 48.9 Å². The molecule has 1 aliphatic carbocycles. The van der Waals surface area contributed by atoms with Crippen molar-refractivity contribution >= 4 is 0 Å². The Labute approximate surface area is 93.0 Å². The van der Waals surface area contributed by atoms with Gasteiger partial charge in [0.05, 0.1) is 0 Å². The monoisotopic (exact) mass is 200 g/mol. The summed E-state index contributed by atoms with van der Waals surface area (Å²) in [5.41, 5.74) is 4.58.